The van der Waals surface area contributed by atoms with Gasteiger partial charge in [-0.05, 0) is 44.0 Å². The fraction of sp³-hybridized carbons (Fsp3) is 0.357. The summed E-state index contributed by atoms with van der Waals surface area (Å²) in [5.41, 5.74) is 9.22. The van der Waals surface area contributed by atoms with Crippen LogP contribution in [-0.4, -0.2) is 16.3 Å². The molecule has 94 valence electrons. The lowest BCUT2D eigenvalue weighted by Crippen LogP contribution is -2.20. The second-order valence-corrected chi connectivity index (χ2v) is 5.48. The van der Waals surface area contributed by atoms with Crippen molar-refractivity contribution in [2.75, 3.05) is 6.54 Å². The van der Waals surface area contributed by atoms with Gasteiger partial charge in [-0.3, -0.25) is 0 Å². The maximum absolute atomic E-state index is 6.02. The quantitative estimate of drug-likeness (QED) is 0.923. The molecule has 1 fully saturated rings. The minimum atomic E-state index is 0.134. The highest BCUT2D eigenvalue weighted by Gasteiger charge is 2.45. The van der Waals surface area contributed by atoms with E-state index >= 15 is 0 Å². The van der Waals surface area contributed by atoms with Crippen molar-refractivity contribution < 1.29 is 0 Å². The molecule has 1 aromatic heterocycles. The van der Waals surface area contributed by atoms with Crippen molar-refractivity contribution in [2.24, 2.45) is 5.73 Å². The average Bonchev–Trinajstić information content (AvgIpc) is 3.07. The molecule has 3 rings (SSSR count). The molecule has 1 aliphatic carbocycles. The van der Waals surface area contributed by atoms with Crippen molar-refractivity contribution in [3.8, 4) is 5.69 Å². The van der Waals surface area contributed by atoms with E-state index in [0.717, 1.165) is 34.9 Å². The highest BCUT2D eigenvalue weighted by molar-refractivity contribution is 6.30. The van der Waals surface area contributed by atoms with Crippen molar-refractivity contribution in [3.05, 3.63) is 46.7 Å². The van der Waals surface area contributed by atoms with Crippen LogP contribution in [0.25, 0.3) is 5.69 Å². The topological polar surface area (TPSA) is 43.8 Å². The van der Waals surface area contributed by atoms with Crippen molar-refractivity contribution in [1.29, 1.82) is 0 Å². The van der Waals surface area contributed by atoms with Gasteiger partial charge in [0.05, 0.1) is 11.4 Å². The fourth-order valence-corrected chi connectivity index (χ4v) is 2.50. The molecule has 2 N–H and O–H groups in total. The molecule has 0 radical (unpaired) electrons. The van der Waals surface area contributed by atoms with Gasteiger partial charge in [0.1, 0.15) is 0 Å². The van der Waals surface area contributed by atoms with Gasteiger partial charge < -0.3 is 5.73 Å². The Labute approximate surface area is 112 Å². The van der Waals surface area contributed by atoms with Crippen LogP contribution in [0.15, 0.2) is 30.3 Å². The first-order valence-corrected chi connectivity index (χ1v) is 6.56. The molecule has 3 nitrogen and oxygen atoms in total. The Morgan fingerprint density at radius 3 is 2.78 bits per heavy atom. The monoisotopic (exact) mass is 261 g/mol. The van der Waals surface area contributed by atoms with E-state index in [4.69, 9.17) is 22.4 Å². The summed E-state index contributed by atoms with van der Waals surface area (Å²) in [4.78, 5) is 0. The van der Waals surface area contributed by atoms with Crippen LogP contribution in [-0.2, 0) is 5.41 Å². The van der Waals surface area contributed by atoms with Crippen LogP contribution in [0.2, 0.25) is 5.02 Å². The number of aromatic nitrogens is 2. The van der Waals surface area contributed by atoms with E-state index in [1.165, 1.54) is 0 Å². The highest BCUT2D eigenvalue weighted by Crippen LogP contribution is 2.46. The summed E-state index contributed by atoms with van der Waals surface area (Å²) >= 11 is 6.02. The standard InChI is InChI=1S/C14H16ClN3/c1-10-7-13(14(9-16)5-6-14)17-18(10)12-4-2-3-11(15)8-12/h2-4,7-8H,5-6,9,16H2,1H3. The van der Waals surface area contributed by atoms with E-state index in [9.17, 15) is 0 Å². The molecule has 0 amide bonds. The zero-order chi connectivity index (χ0) is 12.8. The van der Waals surface area contributed by atoms with Crippen molar-refractivity contribution in [3.63, 3.8) is 0 Å². The third-order valence-electron chi connectivity index (χ3n) is 3.73. The third kappa shape index (κ3) is 1.84. The molecule has 1 aliphatic rings. The Balaban J connectivity index is 2.03. The van der Waals surface area contributed by atoms with Gasteiger partial charge in [-0.1, -0.05) is 17.7 Å². The molecule has 0 aliphatic heterocycles. The number of halogens is 1. The Kier molecular flexibility index (Phi) is 2.68. The Hall–Kier alpha value is -1.32. The largest absolute Gasteiger partial charge is 0.330 e. The van der Waals surface area contributed by atoms with Crippen molar-refractivity contribution in [2.45, 2.75) is 25.2 Å². The van der Waals surface area contributed by atoms with Crippen LogP contribution in [0.1, 0.15) is 24.2 Å². The van der Waals surface area contributed by atoms with E-state index in [1.54, 1.807) is 0 Å². The number of rotatable bonds is 3. The number of hydrogen-bond acceptors (Lipinski definition) is 2. The lowest BCUT2D eigenvalue weighted by atomic mass is 10.0. The first kappa shape index (κ1) is 11.8. The van der Waals surface area contributed by atoms with Crippen LogP contribution < -0.4 is 5.73 Å². The fourth-order valence-electron chi connectivity index (χ4n) is 2.32. The summed E-state index contributed by atoms with van der Waals surface area (Å²) < 4.78 is 1.94. The Morgan fingerprint density at radius 1 is 1.39 bits per heavy atom. The predicted molar refractivity (Wildman–Crippen MR) is 73.3 cm³/mol. The van der Waals surface area contributed by atoms with Gasteiger partial charge in [0.2, 0.25) is 0 Å². The van der Waals surface area contributed by atoms with Crippen LogP contribution >= 0.6 is 11.6 Å². The lowest BCUT2D eigenvalue weighted by Gasteiger charge is -2.08. The molecule has 0 spiro atoms. The van der Waals surface area contributed by atoms with Crippen molar-refractivity contribution >= 4 is 11.6 Å². The Bertz CT molecular complexity index is 584. The maximum atomic E-state index is 6.02. The normalized spacial score (nSPS) is 16.8. The Morgan fingerprint density at radius 2 is 2.17 bits per heavy atom. The first-order chi connectivity index (χ1) is 8.64. The summed E-state index contributed by atoms with van der Waals surface area (Å²) in [6.45, 7) is 2.74. The number of aryl methyl sites for hydroxylation is 1. The van der Waals surface area contributed by atoms with Gasteiger partial charge in [0.25, 0.3) is 0 Å². The molecular weight excluding hydrogens is 246 g/mol. The van der Waals surface area contributed by atoms with Crippen LogP contribution in [0, 0.1) is 6.92 Å². The summed E-state index contributed by atoms with van der Waals surface area (Å²) in [5.74, 6) is 0. The van der Waals surface area contributed by atoms with E-state index in [1.807, 2.05) is 28.9 Å². The van der Waals surface area contributed by atoms with Gasteiger partial charge >= 0.3 is 0 Å². The second-order valence-electron chi connectivity index (χ2n) is 5.05. The van der Waals surface area contributed by atoms with E-state index in [0.29, 0.717) is 6.54 Å². The van der Waals surface area contributed by atoms with Gasteiger partial charge in [-0.25, -0.2) is 4.68 Å². The summed E-state index contributed by atoms with van der Waals surface area (Å²) in [6.07, 6.45) is 2.30. The summed E-state index contributed by atoms with van der Waals surface area (Å²) in [7, 11) is 0. The molecule has 1 heterocycles. The number of hydrogen-bond donors (Lipinski definition) is 1. The van der Waals surface area contributed by atoms with Crippen LogP contribution in [0.3, 0.4) is 0 Å². The zero-order valence-electron chi connectivity index (χ0n) is 10.4. The highest BCUT2D eigenvalue weighted by atomic mass is 35.5. The second kappa shape index (κ2) is 4.11. The zero-order valence-corrected chi connectivity index (χ0v) is 11.1. The molecule has 0 saturated heterocycles. The molecule has 0 bridgehead atoms. The van der Waals surface area contributed by atoms with E-state index in [2.05, 4.69) is 13.0 Å². The number of nitrogens with two attached hydrogens (primary N) is 1. The molecular formula is C14H16ClN3. The maximum Gasteiger partial charge on any atom is 0.0706 e. The van der Waals surface area contributed by atoms with Crippen LogP contribution in [0.5, 0.6) is 0 Å². The molecule has 2 aromatic rings. The third-order valence-corrected chi connectivity index (χ3v) is 3.96. The van der Waals surface area contributed by atoms with Gasteiger partial charge in [0, 0.05) is 22.7 Å². The first-order valence-electron chi connectivity index (χ1n) is 6.18. The van der Waals surface area contributed by atoms with Crippen LogP contribution in [0.4, 0.5) is 0 Å². The van der Waals surface area contributed by atoms with E-state index in [-0.39, 0.29) is 5.41 Å². The van der Waals surface area contributed by atoms with Gasteiger partial charge in [0.15, 0.2) is 0 Å². The minimum Gasteiger partial charge on any atom is -0.330 e. The molecule has 0 unspecified atom stereocenters. The SMILES string of the molecule is Cc1cc(C2(CN)CC2)nn1-c1cccc(Cl)c1. The lowest BCUT2D eigenvalue weighted by molar-refractivity contribution is 0.660. The van der Waals surface area contributed by atoms with E-state index < -0.39 is 0 Å². The summed E-state index contributed by atoms with van der Waals surface area (Å²) in [5, 5.41) is 5.43. The molecule has 4 heteroatoms. The number of nitrogens with zero attached hydrogens (tertiary/aromatic N) is 2. The molecule has 0 atom stereocenters. The average molecular weight is 262 g/mol. The van der Waals surface area contributed by atoms with Gasteiger partial charge in [-0.2, -0.15) is 5.10 Å². The summed E-state index contributed by atoms with van der Waals surface area (Å²) in [6, 6.07) is 9.88. The smallest absolute Gasteiger partial charge is 0.0706 e. The minimum absolute atomic E-state index is 0.134. The van der Waals surface area contributed by atoms with Crippen molar-refractivity contribution in [1.82, 2.24) is 9.78 Å². The number of benzene rings is 1. The molecule has 1 saturated carbocycles. The molecule has 18 heavy (non-hydrogen) atoms. The predicted octanol–water partition coefficient (Wildman–Crippen LogP) is 2.82. The van der Waals surface area contributed by atoms with Gasteiger partial charge in [-0.15, -0.1) is 0 Å². The molecule has 1 aromatic carbocycles.